The van der Waals surface area contributed by atoms with Crippen molar-refractivity contribution >= 4 is 0 Å². The van der Waals surface area contributed by atoms with Crippen molar-refractivity contribution in [3.63, 3.8) is 0 Å². The average molecular weight is 296 g/mol. The molecule has 2 fully saturated rings. The van der Waals surface area contributed by atoms with E-state index in [0.29, 0.717) is 6.10 Å². The van der Waals surface area contributed by atoms with Gasteiger partial charge >= 0.3 is 0 Å². The molecule has 1 atom stereocenters. The molecule has 0 radical (unpaired) electrons. The first-order chi connectivity index (χ1) is 10.2. The summed E-state index contributed by atoms with van der Waals surface area (Å²) in [5, 5.41) is 0. The van der Waals surface area contributed by atoms with Crippen molar-refractivity contribution in [1.29, 1.82) is 0 Å². The second-order valence-corrected chi connectivity index (χ2v) is 7.21. The molecule has 0 bridgehead atoms. The van der Waals surface area contributed by atoms with Gasteiger partial charge in [-0.1, -0.05) is 20.3 Å². The molecule has 1 saturated heterocycles. The highest BCUT2D eigenvalue weighted by Crippen LogP contribution is 2.37. The van der Waals surface area contributed by atoms with Gasteiger partial charge in [-0.2, -0.15) is 0 Å². The monoisotopic (exact) mass is 296 g/mol. The van der Waals surface area contributed by atoms with Gasteiger partial charge in [0.2, 0.25) is 0 Å². The van der Waals surface area contributed by atoms with Gasteiger partial charge in [-0.15, -0.1) is 0 Å². The summed E-state index contributed by atoms with van der Waals surface area (Å²) < 4.78 is 5.99. The Hall–Kier alpha value is -0.120. The first-order valence-electron chi connectivity index (χ1n) is 9.30. The van der Waals surface area contributed by atoms with Gasteiger partial charge in [0, 0.05) is 25.2 Å². The first kappa shape index (κ1) is 17.2. The van der Waals surface area contributed by atoms with Gasteiger partial charge < -0.3 is 10.5 Å². The van der Waals surface area contributed by atoms with E-state index in [2.05, 4.69) is 18.7 Å². The highest BCUT2D eigenvalue weighted by atomic mass is 16.5. The third kappa shape index (κ3) is 4.43. The molecule has 21 heavy (non-hydrogen) atoms. The van der Waals surface area contributed by atoms with Crippen molar-refractivity contribution < 1.29 is 4.74 Å². The van der Waals surface area contributed by atoms with Crippen LogP contribution in [-0.4, -0.2) is 42.8 Å². The molecule has 0 aromatic heterocycles. The Morgan fingerprint density at radius 1 is 1.14 bits per heavy atom. The maximum atomic E-state index is 6.28. The number of hydrogen-bond donors (Lipinski definition) is 1. The molecule has 0 aromatic rings. The Bertz CT molecular complexity index is 281. The number of nitrogens with two attached hydrogens (primary N) is 1. The standard InChI is InChI=1S/C18H36N2O/c1-3-12-20(14-17-7-5-6-13-21-17)18(15-19)10-8-16(4-2)9-11-18/h16-17H,3-15,19H2,1-2H3. The quantitative estimate of drug-likeness (QED) is 0.780. The van der Waals surface area contributed by atoms with E-state index >= 15 is 0 Å². The SMILES string of the molecule is CCCN(CC1CCCCO1)C1(CN)CCC(CC)CC1. The Morgan fingerprint density at radius 3 is 2.43 bits per heavy atom. The van der Waals surface area contributed by atoms with Gasteiger partial charge in [-0.05, 0) is 63.8 Å². The number of nitrogens with zero attached hydrogens (tertiary/aromatic N) is 1. The van der Waals surface area contributed by atoms with Crippen molar-refractivity contribution in [2.45, 2.75) is 83.3 Å². The molecule has 124 valence electrons. The van der Waals surface area contributed by atoms with E-state index in [1.807, 2.05) is 0 Å². The zero-order chi connectivity index (χ0) is 15.1. The number of rotatable bonds is 7. The van der Waals surface area contributed by atoms with E-state index in [1.54, 1.807) is 0 Å². The van der Waals surface area contributed by atoms with Crippen molar-refractivity contribution in [2.75, 3.05) is 26.2 Å². The zero-order valence-electron chi connectivity index (χ0n) is 14.3. The Kier molecular flexibility index (Phi) is 6.97. The van der Waals surface area contributed by atoms with Gasteiger partial charge in [0.1, 0.15) is 0 Å². The lowest BCUT2D eigenvalue weighted by atomic mass is 9.74. The molecular formula is C18H36N2O. The second kappa shape index (κ2) is 8.50. The minimum atomic E-state index is 0.252. The Balaban J connectivity index is 1.99. The van der Waals surface area contributed by atoms with E-state index in [4.69, 9.17) is 10.5 Å². The third-order valence-electron chi connectivity index (χ3n) is 5.86. The molecular weight excluding hydrogens is 260 g/mol. The summed E-state index contributed by atoms with van der Waals surface area (Å²) in [4.78, 5) is 2.70. The van der Waals surface area contributed by atoms with Crippen LogP contribution in [0.4, 0.5) is 0 Å². The molecule has 1 aliphatic heterocycles. The number of hydrogen-bond acceptors (Lipinski definition) is 3. The predicted octanol–water partition coefficient (Wildman–Crippen LogP) is 3.57. The Morgan fingerprint density at radius 2 is 1.90 bits per heavy atom. The summed E-state index contributed by atoms with van der Waals surface area (Å²) in [5.41, 5.74) is 6.53. The van der Waals surface area contributed by atoms with Gasteiger partial charge in [-0.25, -0.2) is 0 Å². The van der Waals surface area contributed by atoms with Crippen LogP contribution in [0.1, 0.15) is 71.6 Å². The topological polar surface area (TPSA) is 38.5 Å². The van der Waals surface area contributed by atoms with Crippen molar-refractivity contribution in [1.82, 2.24) is 4.90 Å². The second-order valence-electron chi connectivity index (χ2n) is 7.21. The highest BCUT2D eigenvalue weighted by Gasteiger charge is 2.39. The fraction of sp³-hybridized carbons (Fsp3) is 1.00. The van der Waals surface area contributed by atoms with Crippen LogP contribution in [0.2, 0.25) is 0 Å². The molecule has 1 unspecified atom stereocenters. The molecule has 0 amide bonds. The van der Waals surface area contributed by atoms with Crippen LogP contribution in [0.25, 0.3) is 0 Å². The molecule has 3 nitrogen and oxygen atoms in total. The summed E-state index contributed by atoms with van der Waals surface area (Å²) in [6, 6.07) is 0. The average Bonchev–Trinajstić information content (AvgIpc) is 2.55. The van der Waals surface area contributed by atoms with Crippen molar-refractivity contribution in [3.8, 4) is 0 Å². The fourth-order valence-corrected chi connectivity index (χ4v) is 4.26. The minimum Gasteiger partial charge on any atom is -0.377 e. The van der Waals surface area contributed by atoms with E-state index in [-0.39, 0.29) is 5.54 Å². The van der Waals surface area contributed by atoms with Crippen LogP contribution in [0, 0.1) is 5.92 Å². The largest absolute Gasteiger partial charge is 0.377 e. The van der Waals surface area contributed by atoms with Crippen LogP contribution in [-0.2, 0) is 4.74 Å². The molecule has 2 aliphatic rings. The smallest absolute Gasteiger partial charge is 0.0702 e. The lowest BCUT2D eigenvalue weighted by Crippen LogP contribution is -2.58. The summed E-state index contributed by atoms with van der Waals surface area (Å²) in [6.45, 7) is 8.67. The van der Waals surface area contributed by atoms with E-state index < -0.39 is 0 Å². The fourth-order valence-electron chi connectivity index (χ4n) is 4.26. The maximum Gasteiger partial charge on any atom is 0.0702 e. The van der Waals surface area contributed by atoms with Crippen LogP contribution in [0.5, 0.6) is 0 Å². The van der Waals surface area contributed by atoms with Gasteiger partial charge in [0.05, 0.1) is 6.10 Å². The van der Waals surface area contributed by atoms with E-state index in [9.17, 15) is 0 Å². The van der Waals surface area contributed by atoms with Crippen LogP contribution in [0.15, 0.2) is 0 Å². The molecule has 2 rings (SSSR count). The summed E-state index contributed by atoms with van der Waals surface area (Å²) >= 11 is 0. The van der Waals surface area contributed by atoms with Crippen LogP contribution in [0.3, 0.4) is 0 Å². The molecule has 0 spiro atoms. The van der Waals surface area contributed by atoms with Gasteiger partial charge in [0.25, 0.3) is 0 Å². The van der Waals surface area contributed by atoms with Crippen molar-refractivity contribution in [2.24, 2.45) is 11.7 Å². The summed E-state index contributed by atoms with van der Waals surface area (Å²) in [7, 11) is 0. The number of ether oxygens (including phenoxy) is 1. The molecule has 1 heterocycles. The zero-order valence-corrected chi connectivity index (χ0v) is 14.3. The summed E-state index contributed by atoms with van der Waals surface area (Å²) in [5.74, 6) is 0.930. The molecule has 3 heteroatoms. The molecule has 1 saturated carbocycles. The van der Waals surface area contributed by atoms with Gasteiger partial charge in [0.15, 0.2) is 0 Å². The van der Waals surface area contributed by atoms with Crippen LogP contribution < -0.4 is 5.73 Å². The lowest BCUT2D eigenvalue weighted by molar-refractivity contribution is -0.0428. The summed E-state index contributed by atoms with van der Waals surface area (Å²) in [6.07, 6.45) is 12.1. The lowest BCUT2D eigenvalue weighted by Gasteiger charge is -2.49. The third-order valence-corrected chi connectivity index (χ3v) is 5.86. The normalized spacial score (nSPS) is 34.3. The molecule has 1 aliphatic carbocycles. The molecule has 2 N–H and O–H groups in total. The van der Waals surface area contributed by atoms with Crippen molar-refractivity contribution in [3.05, 3.63) is 0 Å². The van der Waals surface area contributed by atoms with E-state index in [1.165, 1.54) is 64.3 Å². The van der Waals surface area contributed by atoms with Gasteiger partial charge in [-0.3, -0.25) is 4.90 Å². The maximum absolute atomic E-state index is 6.28. The first-order valence-corrected chi connectivity index (χ1v) is 9.30. The molecule has 0 aromatic carbocycles. The predicted molar refractivity (Wildman–Crippen MR) is 89.5 cm³/mol. The highest BCUT2D eigenvalue weighted by molar-refractivity contribution is 4.96. The van der Waals surface area contributed by atoms with Crippen LogP contribution >= 0.6 is 0 Å². The minimum absolute atomic E-state index is 0.252. The Labute approximate surface area is 131 Å². The van der Waals surface area contributed by atoms with E-state index in [0.717, 1.165) is 25.6 Å².